The highest BCUT2D eigenvalue weighted by Crippen LogP contribution is 2.25. The van der Waals surface area contributed by atoms with E-state index in [-0.39, 0.29) is 27.4 Å². The van der Waals surface area contributed by atoms with Gasteiger partial charge in [-0.05, 0) is 12.1 Å². The van der Waals surface area contributed by atoms with Gasteiger partial charge in [0, 0.05) is 15.4 Å². The minimum Gasteiger partial charge on any atom is -0.267 e. The maximum Gasteiger partial charge on any atom is 0.329 e. The third-order valence-corrected chi connectivity index (χ3v) is 4.78. The molecule has 1 aromatic rings. The van der Waals surface area contributed by atoms with E-state index in [1.807, 2.05) is 0 Å². The topological polar surface area (TPSA) is 79.5 Å². The van der Waals surface area contributed by atoms with Gasteiger partial charge in [-0.3, -0.25) is 4.28 Å². The van der Waals surface area contributed by atoms with Gasteiger partial charge in [0.15, 0.2) is 5.71 Å². The van der Waals surface area contributed by atoms with Crippen molar-refractivity contribution in [1.29, 1.82) is 5.26 Å². The lowest BCUT2D eigenvalue weighted by atomic mass is 10.1. The third-order valence-electron chi connectivity index (χ3n) is 1.87. The Balaban J connectivity index is 3.13. The highest BCUT2D eigenvalue weighted by Gasteiger charge is 2.15. The number of rotatable bonds is 5. The maximum absolute atomic E-state index is 11.3. The second-order valence-corrected chi connectivity index (χ2v) is 6.90. The Morgan fingerprint density at radius 2 is 2.21 bits per heavy atom. The van der Waals surface area contributed by atoms with Gasteiger partial charge in [0.2, 0.25) is 0 Å². The molecule has 0 bridgehead atoms. The molecule has 19 heavy (non-hydrogen) atoms. The Bertz CT molecular complexity index is 620. The van der Waals surface area contributed by atoms with Gasteiger partial charge in [0.25, 0.3) is 0 Å². The zero-order chi connectivity index (χ0) is 14.5. The average Bonchev–Trinajstić information content (AvgIpc) is 2.32. The fraction of sp³-hybridized carbons (Fsp3) is 0.200. The van der Waals surface area contributed by atoms with Crippen molar-refractivity contribution in [2.75, 3.05) is 11.1 Å². The number of benzene rings is 1. The normalized spacial score (nSPS) is 12.0. The van der Waals surface area contributed by atoms with Crippen LogP contribution in [0.3, 0.4) is 0 Å². The van der Waals surface area contributed by atoms with Crippen molar-refractivity contribution in [2.24, 2.45) is 5.16 Å². The number of nitrogens with zero attached hydrogens (tertiary/aromatic N) is 2. The van der Waals surface area contributed by atoms with E-state index in [2.05, 4.69) is 41.3 Å². The number of hydrogen-bond donors (Lipinski definition) is 0. The van der Waals surface area contributed by atoms with Crippen LogP contribution in [0.1, 0.15) is 5.56 Å². The predicted octanol–water partition coefficient (Wildman–Crippen LogP) is 3.07. The summed E-state index contributed by atoms with van der Waals surface area (Å²) in [6, 6.07) is 6.63. The van der Waals surface area contributed by atoms with E-state index in [9.17, 15) is 8.42 Å². The van der Waals surface area contributed by atoms with Crippen molar-refractivity contribution in [3.05, 3.63) is 33.3 Å². The van der Waals surface area contributed by atoms with E-state index in [1.54, 1.807) is 24.3 Å². The van der Waals surface area contributed by atoms with Gasteiger partial charge in [-0.1, -0.05) is 54.7 Å². The molecule has 0 aliphatic carbocycles. The molecule has 0 fully saturated rings. The summed E-state index contributed by atoms with van der Waals surface area (Å²) < 4.78 is 27.6. The first-order chi connectivity index (χ1) is 8.91. The van der Waals surface area contributed by atoms with Gasteiger partial charge in [-0.15, -0.1) is 0 Å². The highest BCUT2D eigenvalue weighted by atomic mass is 79.9. The molecule has 102 valence electrons. The number of halogens is 3. The molecule has 0 aliphatic heterocycles. The van der Waals surface area contributed by atoms with Gasteiger partial charge in [0.1, 0.15) is 6.07 Å². The zero-order valence-corrected chi connectivity index (χ0v) is 14.1. The summed E-state index contributed by atoms with van der Waals surface area (Å²) in [5.74, 6) is -0.251. The van der Waals surface area contributed by atoms with Crippen LogP contribution in [0.15, 0.2) is 27.8 Å². The van der Waals surface area contributed by atoms with Crippen LogP contribution in [-0.2, 0) is 14.4 Å². The smallest absolute Gasteiger partial charge is 0.267 e. The molecule has 0 aliphatic rings. The molecule has 0 heterocycles. The quantitative estimate of drug-likeness (QED) is 0.409. The molecule has 5 nitrogen and oxygen atoms in total. The van der Waals surface area contributed by atoms with E-state index in [1.165, 1.54) is 0 Å². The number of oxime groups is 1. The molecular weight excluding hydrogens is 423 g/mol. The SMILES string of the molecule is N#C/C(=N/OS(=O)(=O)CCBr)c1c(Cl)cccc1Br. The molecule has 1 rings (SSSR count). The standard InChI is InChI=1S/C10H7Br2ClN2O3S/c11-4-5-19(16,17)18-15-9(6-14)10-7(12)2-1-3-8(10)13/h1-3H,4-5H2/b15-9-. The summed E-state index contributed by atoms with van der Waals surface area (Å²) >= 11 is 12.1. The first-order valence-corrected chi connectivity index (χ1v) is 8.68. The first-order valence-electron chi connectivity index (χ1n) is 4.81. The molecule has 0 saturated carbocycles. The molecule has 1 aromatic carbocycles. The first kappa shape index (κ1) is 16.4. The van der Waals surface area contributed by atoms with Gasteiger partial charge in [-0.25, -0.2) is 0 Å². The van der Waals surface area contributed by atoms with Crippen LogP contribution >= 0.6 is 43.5 Å². The van der Waals surface area contributed by atoms with E-state index in [0.717, 1.165) is 0 Å². The Labute approximate surface area is 132 Å². The van der Waals surface area contributed by atoms with Crippen molar-refractivity contribution < 1.29 is 12.7 Å². The lowest BCUT2D eigenvalue weighted by Crippen LogP contribution is -2.10. The van der Waals surface area contributed by atoms with E-state index in [4.69, 9.17) is 16.9 Å². The van der Waals surface area contributed by atoms with Gasteiger partial charge >= 0.3 is 10.1 Å². The van der Waals surface area contributed by atoms with Crippen molar-refractivity contribution in [3.63, 3.8) is 0 Å². The van der Waals surface area contributed by atoms with Gasteiger partial charge in [0.05, 0.1) is 10.8 Å². The fourth-order valence-corrected chi connectivity index (χ4v) is 3.65. The molecule has 0 N–H and O–H groups in total. The third kappa shape index (κ3) is 4.76. The van der Waals surface area contributed by atoms with Crippen molar-refractivity contribution in [2.45, 2.75) is 0 Å². The fourth-order valence-electron chi connectivity index (χ4n) is 1.07. The number of alkyl halides is 1. The van der Waals surface area contributed by atoms with Crippen LogP contribution in [0.4, 0.5) is 0 Å². The van der Waals surface area contributed by atoms with E-state index >= 15 is 0 Å². The summed E-state index contributed by atoms with van der Waals surface area (Å²) in [5, 5.41) is 12.8. The summed E-state index contributed by atoms with van der Waals surface area (Å²) in [6.45, 7) is 0. The Kier molecular flexibility index (Phi) is 6.26. The highest BCUT2D eigenvalue weighted by molar-refractivity contribution is 9.10. The number of nitriles is 1. The van der Waals surface area contributed by atoms with Crippen LogP contribution in [0, 0.1) is 11.3 Å². The van der Waals surface area contributed by atoms with Crippen molar-refractivity contribution >= 4 is 59.3 Å². The van der Waals surface area contributed by atoms with Gasteiger partial charge < -0.3 is 0 Å². The summed E-state index contributed by atoms with van der Waals surface area (Å²) in [4.78, 5) is 0. The van der Waals surface area contributed by atoms with E-state index < -0.39 is 10.1 Å². The molecule has 0 unspecified atom stereocenters. The molecule has 0 aromatic heterocycles. The van der Waals surface area contributed by atoms with Crippen LogP contribution < -0.4 is 0 Å². The molecule has 0 amide bonds. The monoisotopic (exact) mass is 428 g/mol. The zero-order valence-electron chi connectivity index (χ0n) is 9.31. The molecule has 0 spiro atoms. The predicted molar refractivity (Wildman–Crippen MR) is 80.0 cm³/mol. The Morgan fingerprint density at radius 1 is 1.53 bits per heavy atom. The molecule has 0 saturated heterocycles. The summed E-state index contributed by atoms with van der Waals surface area (Å²) in [5.41, 5.74) is 0.0522. The molecule has 9 heteroatoms. The average molecular weight is 431 g/mol. The minimum atomic E-state index is -3.81. The number of hydrogen-bond acceptors (Lipinski definition) is 5. The van der Waals surface area contributed by atoms with Gasteiger partial charge in [-0.2, -0.15) is 13.7 Å². The van der Waals surface area contributed by atoms with Crippen molar-refractivity contribution in [3.8, 4) is 6.07 Å². The van der Waals surface area contributed by atoms with Crippen LogP contribution in [-0.4, -0.2) is 25.2 Å². The second kappa shape index (κ2) is 7.24. The maximum atomic E-state index is 11.3. The van der Waals surface area contributed by atoms with E-state index in [0.29, 0.717) is 4.47 Å². The molecular formula is C10H7Br2ClN2O3S. The summed E-state index contributed by atoms with van der Waals surface area (Å²) in [7, 11) is -3.81. The summed E-state index contributed by atoms with van der Waals surface area (Å²) in [6.07, 6.45) is 0. The molecule has 0 radical (unpaired) electrons. The van der Waals surface area contributed by atoms with Crippen LogP contribution in [0.2, 0.25) is 5.02 Å². The Morgan fingerprint density at radius 3 is 2.74 bits per heavy atom. The molecule has 0 atom stereocenters. The lowest BCUT2D eigenvalue weighted by Gasteiger charge is -2.04. The largest absolute Gasteiger partial charge is 0.329 e. The van der Waals surface area contributed by atoms with Crippen LogP contribution in [0.5, 0.6) is 0 Å². The Hall–Kier alpha value is -0.620. The minimum absolute atomic E-state index is 0.211. The van der Waals surface area contributed by atoms with Crippen molar-refractivity contribution in [1.82, 2.24) is 0 Å². The second-order valence-electron chi connectivity index (χ2n) is 3.17. The van der Waals surface area contributed by atoms with Crippen LogP contribution in [0.25, 0.3) is 0 Å². The lowest BCUT2D eigenvalue weighted by molar-refractivity contribution is 0.341.